The van der Waals surface area contributed by atoms with Gasteiger partial charge in [-0.2, -0.15) is 0 Å². The summed E-state index contributed by atoms with van der Waals surface area (Å²) in [4.78, 5) is 4.97. The second kappa shape index (κ2) is 7.94. The van der Waals surface area contributed by atoms with E-state index in [0.717, 1.165) is 42.8 Å². The lowest BCUT2D eigenvalue weighted by atomic mass is 10.0. The summed E-state index contributed by atoms with van der Waals surface area (Å²) >= 11 is 0. The molecule has 1 aliphatic rings. The Kier molecular flexibility index (Phi) is 5.51. The summed E-state index contributed by atoms with van der Waals surface area (Å²) in [5.74, 6) is 0.398. The second-order valence-corrected chi connectivity index (χ2v) is 10.1. The van der Waals surface area contributed by atoms with Crippen LogP contribution in [0.3, 0.4) is 0 Å². The lowest BCUT2D eigenvalue weighted by molar-refractivity contribution is 0.147. The van der Waals surface area contributed by atoms with Crippen molar-refractivity contribution < 1.29 is 8.42 Å². The van der Waals surface area contributed by atoms with Crippen molar-refractivity contribution in [2.45, 2.75) is 31.2 Å². The van der Waals surface area contributed by atoms with Gasteiger partial charge in [-0.25, -0.2) is 12.4 Å². The molecule has 2 aromatic carbocycles. The molecule has 29 heavy (non-hydrogen) atoms. The highest BCUT2D eigenvalue weighted by atomic mass is 32.2. The lowest BCUT2D eigenvalue weighted by Gasteiger charge is -2.32. The zero-order valence-corrected chi connectivity index (χ0v) is 18.2. The number of piperazine rings is 1. The molecule has 0 amide bonds. The van der Waals surface area contributed by atoms with Crippen LogP contribution in [-0.4, -0.2) is 55.4 Å². The van der Waals surface area contributed by atoms with E-state index in [4.69, 9.17) is 0 Å². The minimum atomic E-state index is -3.67. The molecule has 0 N–H and O–H groups in total. The highest BCUT2D eigenvalue weighted by molar-refractivity contribution is 7.90. The Morgan fingerprint density at radius 2 is 1.62 bits per heavy atom. The summed E-state index contributed by atoms with van der Waals surface area (Å²) in [7, 11) is -1.54. The fourth-order valence-electron chi connectivity index (χ4n) is 3.95. The summed E-state index contributed by atoms with van der Waals surface area (Å²) in [5.41, 5.74) is 2.80. The van der Waals surface area contributed by atoms with Gasteiger partial charge in [-0.15, -0.1) is 0 Å². The van der Waals surface area contributed by atoms with Gasteiger partial charge in [0.2, 0.25) is 0 Å². The first-order chi connectivity index (χ1) is 13.9. The average Bonchev–Trinajstić information content (AvgIpc) is 3.08. The number of fused-ring (bicyclic) bond motifs is 1. The van der Waals surface area contributed by atoms with E-state index in [-0.39, 0.29) is 0 Å². The lowest BCUT2D eigenvalue weighted by Crippen LogP contribution is -2.44. The number of benzene rings is 2. The van der Waals surface area contributed by atoms with Crippen molar-refractivity contribution in [3.63, 3.8) is 0 Å². The quantitative estimate of drug-likeness (QED) is 0.642. The van der Waals surface area contributed by atoms with Gasteiger partial charge in [-0.05, 0) is 48.9 Å². The van der Waals surface area contributed by atoms with Crippen LogP contribution >= 0.6 is 0 Å². The Morgan fingerprint density at radius 1 is 0.931 bits per heavy atom. The first kappa shape index (κ1) is 20.1. The van der Waals surface area contributed by atoms with Crippen molar-refractivity contribution >= 4 is 20.9 Å². The van der Waals surface area contributed by atoms with Crippen molar-refractivity contribution in [3.8, 4) is 0 Å². The van der Waals surface area contributed by atoms with Crippen LogP contribution in [0.5, 0.6) is 0 Å². The molecule has 0 aliphatic carbocycles. The molecule has 1 saturated heterocycles. The van der Waals surface area contributed by atoms with Crippen molar-refractivity contribution in [1.29, 1.82) is 0 Å². The van der Waals surface area contributed by atoms with Gasteiger partial charge in [-0.1, -0.05) is 38.1 Å². The molecule has 1 aliphatic heterocycles. The zero-order valence-electron chi connectivity index (χ0n) is 17.4. The van der Waals surface area contributed by atoms with Crippen molar-refractivity contribution in [2.24, 2.45) is 0 Å². The molecular weight excluding hydrogens is 382 g/mol. The Bertz CT molecular complexity index is 1100. The predicted molar refractivity (Wildman–Crippen MR) is 118 cm³/mol. The van der Waals surface area contributed by atoms with E-state index in [1.165, 1.54) is 5.56 Å². The minimum absolute atomic E-state index is 0.324. The summed E-state index contributed by atoms with van der Waals surface area (Å²) in [5, 5.41) is 0.986. The van der Waals surface area contributed by atoms with E-state index in [1.807, 2.05) is 18.2 Å². The Balaban J connectivity index is 1.83. The summed E-state index contributed by atoms with van der Waals surface area (Å²) < 4.78 is 28.7. The number of rotatable bonds is 5. The van der Waals surface area contributed by atoms with Gasteiger partial charge >= 0.3 is 0 Å². The third kappa shape index (κ3) is 3.97. The third-order valence-electron chi connectivity index (χ3n) is 5.78. The smallest absolute Gasteiger partial charge is 0.268 e. The standard InChI is InChI=1S/C23H29N3O2S/c1-18(2)19-9-10-23-20(15-19)16-21(17-25-13-11-24(3)12-14-25)26(23)29(27,28)22-7-5-4-6-8-22/h4-10,15-16,18H,11-14,17H2,1-3H3. The Labute approximate surface area is 173 Å². The van der Waals surface area contributed by atoms with Crippen molar-refractivity contribution in [2.75, 3.05) is 33.2 Å². The second-order valence-electron chi connectivity index (χ2n) is 8.27. The summed E-state index contributed by atoms with van der Waals surface area (Å²) in [6.45, 7) is 8.84. The summed E-state index contributed by atoms with van der Waals surface area (Å²) in [6.07, 6.45) is 0. The van der Waals surface area contributed by atoms with E-state index in [0.29, 0.717) is 17.4 Å². The normalized spacial score (nSPS) is 16.7. The molecule has 0 saturated carbocycles. The molecule has 1 aromatic heterocycles. The van der Waals surface area contributed by atoms with Crippen LogP contribution < -0.4 is 0 Å². The average molecular weight is 412 g/mol. The van der Waals surface area contributed by atoms with E-state index < -0.39 is 10.0 Å². The maximum Gasteiger partial charge on any atom is 0.268 e. The highest BCUT2D eigenvalue weighted by Gasteiger charge is 2.25. The predicted octanol–water partition coefficient (Wildman–Crippen LogP) is 3.75. The van der Waals surface area contributed by atoms with Gasteiger partial charge in [0.1, 0.15) is 0 Å². The monoisotopic (exact) mass is 411 g/mol. The van der Waals surface area contributed by atoms with Gasteiger partial charge in [-0.3, -0.25) is 4.90 Å². The molecule has 0 unspecified atom stereocenters. The van der Waals surface area contributed by atoms with E-state index in [9.17, 15) is 8.42 Å². The number of hydrogen-bond donors (Lipinski definition) is 0. The maximum atomic E-state index is 13.6. The van der Waals surface area contributed by atoms with E-state index in [1.54, 1.807) is 28.2 Å². The molecule has 6 heteroatoms. The minimum Gasteiger partial charge on any atom is -0.304 e. The molecule has 154 valence electrons. The molecule has 4 rings (SSSR count). The first-order valence-electron chi connectivity index (χ1n) is 10.2. The van der Waals surface area contributed by atoms with Crippen LogP contribution in [0.1, 0.15) is 31.0 Å². The Hall–Kier alpha value is -2.15. The molecular formula is C23H29N3O2S. The number of likely N-dealkylation sites (N-methyl/N-ethyl adjacent to an activating group) is 1. The molecule has 1 fully saturated rings. The molecule has 0 atom stereocenters. The first-order valence-corrected chi connectivity index (χ1v) is 11.7. The van der Waals surface area contributed by atoms with Gasteiger partial charge in [0.25, 0.3) is 10.0 Å². The van der Waals surface area contributed by atoms with Crippen molar-refractivity contribution in [1.82, 2.24) is 13.8 Å². The maximum absolute atomic E-state index is 13.6. The fourth-order valence-corrected chi connectivity index (χ4v) is 5.51. The van der Waals surface area contributed by atoms with Gasteiger partial charge in [0.05, 0.1) is 10.4 Å². The topological polar surface area (TPSA) is 45.5 Å². The number of hydrogen-bond acceptors (Lipinski definition) is 4. The van der Waals surface area contributed by atoms with Gasteiger partial charge in [0.15, 0.2) is 0 Å². The zero-order chi connectivity index (χ0) is 20.6. The number of aromatic nitrogens is 1. The number of nitrogens with zero attached hydrogens (tertiary/aromatic N) is 3. The molecule has 2 heterocycles. The largest absolute Gasteiger partial charge is 0.304 e. The van der Waals surface area contributed by atoms with Crippen LogP contribution in [0, 0.1) is 0 Å². The molecule has 0 radical (unpaired) electrons. The van der Waals surface area contributed by atoms with Crippen LogP contribution in [0.4, 0.5) is 0 Å². The van der Waals surface area contributed by atoms with Crippen LogP contribution in [-0.2, 0) is 16.6 Å². The fraction of sp³-hybridized carbons (Fsp3) is 0.391. The van der Waals surface area contributed by atoms with Crippen LogP contribution in [0.2, 0.25) is 0 Å². The van der Waals surface area contributed by atoms with E-state index >= 15 is 0 Å². The highest BCUT2D eigenvalue weighted by Crippen LogP contribution is 2.29. The van der Waals surface area contributed by atoms with Gasteiger partial charge < -0.3 is 4.90 Å². The molecule has 5 nitrogen and oxygen atoms in total. The van der Waals surface area contributed by atoms with Crippen LogP contribution in [0.25, 0.3) is 10.9 Å². The summed E-state index contributed by atoms with van der Waals surface area (Å²) in [6, 6.07) is 16.9. The van der Waals surface area contributed by atoms with Crippen molar-refractivity contribution in [3.05, 3.63) is 65.9 Å². The Morgan fingerprint density at radius 3 is 2.28 bits per heavy atom. The van der Waals surface area contributed by atoms with Gasteiger partial charge in [0, 0.05) is 43.8 Å². The molecule has 0 bridgehead atoms. The molecule has 0 spiro atoms. The van der Waals surface area contributed by atoms with Crippen LogP contribution in [0.15, 0.2) is 59.5 Å². The molecule has 3 aromatic rings. The SMILES string of the molecule is CC(C)c1ccc2c(c1)cc(CN1CCN(C)CC1)n2S(=O)(=O)c1ccccc1. The third-order valence-corrected chi connectivity index (χ3v) is 7.56. The van der Waals surface area contributed by atoms with E-state index in [2.05, 4.69) is 42.8 Å².